The standard InChI is InChI=1S/C6H12.C2H5O.Na/c1-2-4-6-5-3-1;1-2-3;/h1-6H2;2H2,1H3;/q;-1;+1. The third-order valence-corrected chi connectivity index (χ3v) is 1.50. The van der Waals surface area contributed by atoms with Gasteiger partial charge in [-0.2, -0.15) is 0 Å². The third-order valence-electron chi connectivity index (χ3n) is 1.50. The minimum atomic E-state index is 0. The molecule has 1 aliphatic rings. The Bertz CT molecular complexity index is 33.0. The van der Waals surface area contributed by atoms with Crippen LogP contribution in [0.4, 0.5) is 0 Å². The van der Waals surface area contributed by atoms with Crippen molar-refractivity contribution in [3.8, 4) is 0 Å². The summed E-state index contributed by atoms with van der Waals surface area (Å²) in [6.07, 6.45) is 9.00. The van der Waals surface area contributed by atoms with E-state index >= 15 is 0 Å². The van der Waals surface area contributed by atoms with Crippen LogP contribution < -0.4 is 34.7 Å². The number of rotatable bonds is 0. The Morgan fingerprint density at radius 3 is 1.10 bits per heavy atom. The summed E-state index contributed by atoms with van der Waals surface area (Å²) in [6, 6.07) is 0. The van der Waals surface area contributed by atoms with Gasteiger partial charge in [0.25, 0.3) is 0 Å². The third kappa shape index (κ3) is 11.7. The molecule has 0 amide bonds. The van der Waals surface area contributed by atoms with Gasteiger partial charge in [0, 0.05) is 0 Å². The van der Waals surface area contributed by atoms with Crippen LogP contribution in [0.15, 0.2) is 0 Å². The topological polar surface area (TPSA) is 23.1 Å². The van der Waals surface area contributed by atoms with Gasteiger partial charge >= 0.3 is 29.6 Å². The van der Waals surface area contributed by atoms with Crippen molar-refractivity contribution in [2.45, 2.75) is 45.4 Å². The first kappa shape index (κ1) is 13.5. The number of hydrogen-bond donors (Lipinski definition) is 0. The molecule has 0 atom stereocenters. The molecule has 0 saturated heterocycles. The molecule has 0 aromatic carbocycles. The average molecular weight is 152 g/mol. The van der Waals surface area contributed by atoms with Crippen LogP contribution in [0.5, 0.6) is 0 Å². The maximum Gasteiger partial charge on any atom is 1.00 e. The Morgan fingerprint density at radius 2 is 1.00 bits per heavy atom. The minimum Gasteiger partial charge on any atom is -0.855 e. The van der Waals surface area contributed by atoms with Crippen LogP contribution in [0.1, 0.15) is 45.4 Å². The molecule has 1 nitrogen and oxygen atoms in total. The van der Waals surface area contributed by atoms with Crippen molar-refractivity contribution in [1.29, 1.82) is 0 Å². The average Bonchev–Trinajstić information content (AvgIpc) is 1.93. The maximum absolute atomic E-state index is 8.93. The van der Waals surface area contributed by atoms with E-state index in [-0.39, 0.29) is 36.2 Å². The molecule has 2 heteroatoms. The molecule has 1 aliphatic carbocycles. The van der Waals surface area contributed by atoms with E-state index in [4.69, 9.17) is 5.11 Å². The maximum atomic E-state index is 8.93. The second-order valence-electron chi connectivity index (χ2n) is 2.41. The van der Waals surface area contributed by atoms with Gasteiger partial charge in [0.15, 0.2) is 0 Å². The van der Waals surface area contributed by atoms with E-state index in [1.54, 1.807) is 6.92 Å². The van der Waals surface area contributed by atoms with Crippen LogP contribution in [0.3, 0.4) is 0 Å². The second-order valence-corrected chi connectivity index (χ2v) is 2.41. The molecule has 0 spiro atoms. The van der Waals surface area contributed by atoms with E-state index in [2.05, 4.69) is 0 Å². The largest absolute Gasteiger partial charge is 1.00 e. The summed E-state index contributed by atoms with van der Waals surface area (Å²) in [5, 5.41) is 8.93. The predicted octanol–water partition coefficient (Wildman–Crippen LogP) is -1.29. The summed E-state index contributed by atoms with van der Waals surface area (Å²) >= 11 is 0. The Labute approximate surface area is 86.5 Å². The van der Waals surface area contributed by atoms with E-state index < -0.39 is 0 Å². The van der Waals surface area contributed by atoms with E-state index in [9.17, 15) is 0 Å². The molecule has 56 valence electrons. The summed E-state index contributed by atoms with van der Waals surface area (Å²) < 4.78 is 0. The second kappa shape index (κ2) is 12.6. The molecule has 0 radical (unpaired) electrons. The Hall–Kier alpha value is 0.960. The Kier molecular flexibility index (Phi) is 17.1. The summed E-state index contributed by atoms with van der Waals surface area (Å²) in [5.74, 6) is 0. The monoisotopic (exact) mass is 152 g/mol. The molecule has 1 saturated carbocycles. The van der Waals surface area contributed by atoms with Gasteiger partial charge in [0.05, 0.1) is 0 Å². The van der Waals surface area contributed by atoms with Crippen LogP contribution in [0.25, 0.3) is 0 Å². The van der Waals surface area contributed by atoms with Crippen molar-refractivity contribution in [2.24, 2.45) is 0 Å². The van der Waals surface area contributed by atoms with Crippen LogP contribution in [-0.4, -0.2) is 6.61 Å². The van der Waals surface area contributed by atoms with Gasteiger partial charge in [-0.1, -0.05) is 45.4 Å². The fraction of sp³-hybridized carbons (Fsp3) is 1.00. The molecular weight excluding hydrogens is 135 g/mol. The van der Waals surface area contributed by atoms with Crippen LogP contribution in [0, 0.1) is 0 Å². The smallest absolute Gasteiger partial charge is 0.855 e. The summed E-state index contributed by atoms with van der Waals surface area (Å²) in [6.45, 7) is 1.57. The molecular formula is C8H17NaO. The summed E-state index contributed by atoms with van der Waals surface area (Å²) in [4.78, 5) is 0. The van der Waals surface area contributed by atoms with E-state index in [0.29, 0.717) is 0 Å². The molecule has 1 fully saturated rings. The van der Waals surface area contributed by atoms with E-state index in [1.165, 1.54) is 38.5 Å². The predicted molar refractivity (Wildman–Crippen MR) is 38.2 cm³/mol. The van der Waals surface area contributed by atoms with Crippen molar-refractivity contribution >= 4 is 0 Å². The van der Waals surface area contributed by atoms with Gasteiger partial charge in [0.1, 0.15) is 0 Å². The minimum absolute atomic E-state index is 0. The Morgan fingerprint density at radius 1 is 0.900 bits per heavy atom. The molecule has 0 unspecified atom stereocenters. The van der Waals surface area contributed by atoms with Gasteiger partial charge in [-0.05, 0) is 0 Å². The zero-order chi connectivity index (χ0) is 6.95. The summed E-state index contributed by atoms with van der Waals surface area (Å²) in [7, 11) is 0. The van der Waals surface area contributed by atoms with Crippen molar-refractivity contribution in [3.63, 3.8) is 0 Å². The van der Waals surface area contributed by atoms with Crippen molar-refractivity contribution in [1.82, 2.24) is 0 Å². The molecule has 0 N–H and O–H groups in total. The van der Waals surface area contributed by atoms with Crippen LogP contribution in [-0.2, 0) is 0 Å². The quantitative estimate of drug-likeness (QED) is 0.396. The van der Waals surface area contributed by atoms with Crippen molar-refractivity contribution in [3.05, 3.63) is 0 Å². The first-order valence-corrected chi connectivity index (χ1v) is 4.00. The molecule has 0 bridgehead atoms. The Balaban J connectivity index is 0. The van der Waals surface area contributed by atoms with E-state index in [0.717, 1.165) is 0 Å². The van der Waals surface area contributed by atoms with Gasteiger partial charge in [0.2, 0.25) is 0 Å². The number of hydrogen-bond acceptors (Lipinski definition) is 1. The molecule has 0 aliphatic heterocycles. The van der Waals surface area contributed by atoms with Gasteiger partial charge < -0.3 is 5.11 Å². The molecule has 1 rings (SSSR count). The molecule has 0 heterocycles. The first-order chi connectivity index (χ1) is 4.41. The van der Waals surface area contributed by atoms with Crippen LogP contribution in [0.2, 0.25) is 0 Å². The van der Waals surface area contributed by atoms with Gasteiger partial charge in [-0.3, -0.25) is 0 Å². The zero-order valence-corrected chi connectivity index (χ0v) is 9.36. The van der Waals surface area contributed by atoms with Crippen LogP contribution >= 0.6 is 0 Å². The van der Waals surface area contributed by atoms with Crippen molar-refractivity contribution in [2.75, 3.05) is 6.61 Å². The van der Waals surface area contributed by atoms with Gasteiger partial charge in [-0.25, -0.2) is 0 Å². The molecule has 10 heavy (non-hydrogen) atoms. The first-order valence-electron chi connectivity index (χ1n) is 4.00. The fourth-order valence-electron chi connectivity index (χ4n) is 1.06. The van der Waals surface area contributed by atoms with Crippen molar-refractivity contribution < 1.29 is 34.7 Å². The SMILES string of the molecule is C1CCCCC1.CC[O-].[Na+]. The summed E-state index contributed by atoms with van der Waals surface area (Å²) in [5.41, 5.74) is 0. The molecule has 0 aromatic rings. The van der Waals surface area contributed by atoms with Gasteiger partial charge in [-0.15, -0.1) is 6.61 Å². The molecule has 0 aromatic heterocycles. The normalized spacial score (nSPS) is 16.2. The fourth-order valence-corrected chi connectivity index (χ4v) is 1.06. The van der Waals surface area contributed by atoms with E-state index in [1.807, 2.05) is 0 Å². The zero-order valence-electron chi connectivity index (χ0n) is 7.36.